The molecule has 0 spiro atoms. The Balaban J connectivity index is 1.19. The van der Waals surface area contributed by atoms with Crippen LogP contribution in [0.5, 0.6) is 5.75 Å². The minimum atomic E-state index is -0.466. The Bertz CT molecular complexity index is 1400. The maximum absolute atomic E-state index is 13.8. The lowest BCUT2D eigenvalue weighted by atomic mass is 9.89. The third-order valence-corrected chi connectivity index (χ3v) is 7.97. The van der Waals surface area contributed by atoms with Gasteiger partial charge in [-0.15, -0.1) is 10.2 Å². The van der Waals surface area contributed by atoms with Crippen LogP contribution in [-0.2, 0) is 16.1 Å². The van der Waals surface area contributed by atoms with Crippen LogP contribution in [0.15, 0.2) is 48.5 Å². The normalized spacial score (nSPS) is 23.5. The van der Waals surface area contributed by atoms with Crippen LogP contribution in [0.25, 0.3) is 11.3 Å². The molecule has 3 saturated heterocycles. The summed E-state index contributed by atoms with van der Waals surface area (Å²) in [5.74, 6) is -0.958. The van der Waals surface area contributed by atoms with Crippen LogP contribution in [-0.4, -0.2) is 57.2 Å². The predicted molar refractivity (Wildman–Crippen MR) is 140 cm³/mol. The van der Waals surface area contributed by atoms with E-state index in [9.17, 15) is 19.1 Å². The van der Waals surface area contributed by atoms with Gasteiger partial charge >= 0.3 is 0 Å². The van der Waals surface area contributed by atoms with E-state index in [2.05, 4.69) is 37.4 Å². The molecule has 3 aliphatic heterocycles. The predicted octanol–water partition coefficient (Wildman–Crippen LogP) is 2.94. The molecule has 2 bridgehead atoms. The van der Waals surface area contributed by atoms with Gasteiger partial charge in [-0.2, -0.15) is 0 Å². The number of nitrogen functional groups attached to an aromatic ring is 1. The smallest absolute Gasteiger partial charge is 0.234 e. The Labute approximate surface area is 219 Å². The third-order valence-electron chi connectivity index (χ3n) is 7.97. The van der Waals surface area contributed by atoms with E-state index in [0.717, 1.165) is 49.3 Å². The summed E-state index contributed by atoms with van der Waals surface area (Å²) in [5.41, 5.74) is 9.69. The number of hydrogen-bond donors (Lipinski definition) is 3. The number of imide groups is 1. The number of rotatable bonds is 5. The number of piperazine rings is 1. The maximum Gasteiger partial charge on any atom is 0.234 e. The van der Waals surface area contributed by atoms with Crippen molar-refractivity contribution in [3.8, 4) is 17.0 Å². The van der Waals surface area contributed by atoms with Crippen LogP contribution in [0.4, 0.5) is 15.9 Å². The number of piperidine rings is 1. The van der Waals surface area contributed by atoms with Crippen LogP contribution < -0.4 is 16.0 Å². The van der Waals surface area contributed by atoms with Crippen molar-refractivity contribution in [1.29, 1.82) is 0 Å². The number of halogens is 1. The third kappa shape index (κ3) is 4.56. The fourth-order valence-electron chi connectivity index (χ4n) is 6.07. The Hall–Kier alpha value is -4.05. The van der Waals surface area contributed by atoms with Crippen LogP contribution in [0.2, 0.25) is 0 Å². The second kappa shape index (κ2) is 9.68. The van der Waals surface area contributed by atoms with Crippen molar-refractivity contribution in [2.24, 2.45) is 0 Å². The van der Waals surface area contributed by atoms with Crippen molar-refractivity contribution in [3.63, 3.8) is 0 Å². The number of carbonyl (C=O) groups is 2. The average molecular weight is 517 g/mol. The van der Waals surface area contributed by atoms with Crippen molar-refractivity contribution in [3.05, 3.63) is 65.5 Å². The molecule has 0 aliphatic carbocycles. The zero-order chi connectivity index (χ0) is 26.4. The number of hydrogen-bond acceptors (Lipinski definition) is 8. The standard InChI is InChI=1S/C28H29FN6O3/c29-18-4-8-25(36)22(11-18)23-12-24(27(30)33-32-23)34-14-19-5-6-20(15-34)35(19)13-16-2-1-3-17(10-16)21-7-9-26(37)31-28(21)38/h1-4,8,10-12,19-21,36H,5-7,9,13-15H2,(H2,30,33)(H,31,37,38). The Morgan fingerprint density at radius 2 is 1.82 bits per heavy atom. The van der Waals surface area contributed by atoms with Gasteiger partial charge in [-0.25, -0.2) is 4.39 Å². The molecule has 3 aliphatic rings. The zero-order valence-electron chi connectivity index (χ0n) is 20.8. The van der Waals surface area contributed by atoms with Crippen molar-refractivity contribution in [2.45, 2.75) is 50.2 Å². The van der Waals surface area contributed by atoms with Gasteiger partial charge in [0, 0.05) is 43.7 Å². The molecule has 3 unspecified atom stereocenters. The molecule has 4 N–H and O–H groups in total. The van der Waals surface area contributed by atoms with Crippen molar-refractivity contribution in [2.75, 3.05) is 23.7 Å². The van der Waals surface area contributed by atoms with E-state index in [1.165, 1.54) is 18.2 Å². The van der Waals surface area contributed by atoms with E-state index in [1.807, 2.05) is 12.1 Å². The van der Waals surface area contributed by atoms with Gasteiger partial charge in [0.2, 0.25) is 11.8 Å². The van der Waals surface area contributed by atoms with Gasteiger partial charge in [0.15, 0.2) is 5.82 Å². The minimum Gasteiger partial charge on any atom is -0.507 e. The zero-order valence-corrected chi connectivity index (χ0v) is 20.8. The quantitative estimate of drug-likeness (QED) is 0.442. The number of aromatic hydroxyl groups is 1. The largest absolute Gasteiger partial charge is 0.507 e. The molecule has 1 aromatic heterocycles. The Morgan fingerprint density at radius 3 is 2.58 bits per heavy atom. The second-order valence-corrected chi connectivity index (χ2v) is 10.4. The van der Waals surface area contributed by atoms with Gasteiger partial charge in [-0.05, 0) is 54.7 Å². The molecule has 2 aromatic carbocycles. The van der Waals surface area contributed by atoms with E-state index >= 15 is 0 Å². The number of benzene rings is 2. The molecule has 9 nitrogen and oxygen atoms in total. The number of carbonyl (C=O) groups excluding carboxylic acids is 2. The molecule has 3 fully saturated rings. The van der Waals surface area contributed by atoms with Crippen LogP contribution in [0.3, 0.4) is 0 Å². The van der Waals surface area contributed by atoms with Gasteiger partial charge in [0.05, 0.1) is 17.3 Å². The van der Waals surface area contributed by atoms with Gasteiger partial charge in [0.25, 0.3) is 0 Å². The highest BCUT2D eigenvalue weighted by Crippen LogP contribution is 2.38. The van der Waals surface area contributed by atoms with Crippen LogP contribution in [0.1, 0.15) is 42.7 Å². The highest BCUT2D eigenvalue weighted by atomic mass is 19.1. The van der Waals surface area contributed by atoms with Gasteiger partial charge < -0.3 is 15.7 Å². The highest BCUT2D eigenvalue weighted by molar-refractivity contribution is 6.00. The number of nitrogens with two attached hydrogens (primary N) is 1. The number of nitrogens with zero attached hydrogens (tertiary/aromatic N) is 4. The highest BCUT2D eigenvalue weighted by Gasteiger charge is 2.40. The first kappa shape index (κ1) is 24.3. The molecule has 196 valence electrons. The molecule has 3 aromatic rings. The van der Waals surface area contributed by atoms with E-state index in [4.69, 9.17) is 5.73 Å². The fourth-order valence-corrected chi connectivity index (χ4v) is 6.07. The van der Waals surface area contributed by atoms with E-state index in [1.54, 1.807) is 6.07 Å². The number of nitrogens with one attached hydrogen (secondary N) is 1. The first-order chi connectivity index (χ1) is 18.4. The Morgan fingerprint density at radius 1 is 1.03 bits per heavy atom. The molecular formula is C28H29FN6O3. The summed E-state index contributed by atoms with van der Waals surface area (Å²) in [6.07, 6.45) is 3.02. The molecule has 2 amide bonds. The van der Waals surface area contributed by atoms with Crippen molar-refractivity contribution >= 4 is 23.3 Å². The SMILES string of the molecule is Nc1nnc(-c2cc(F)ccc2O)cc1N1CC2CCC(C1)N2Cc1cccc(C2CCC(=O)NC2=O)c1. The number of aromatic nitrogens is 2. The lowest BCUT2D eigenvalue weighted by Crippen LogP contribution is -2.53. The lowest BCUT2D eigenvalue weighted by Gasteiger charge is -2.42. The first-order valence-electron chi connectivity index (χ1n) is 12.9. The molecule has 0 saturated carbocycles. The first-order valence-corrected chi connectivity index (χ1v) is 12.9. The van der Waals surface area contributed by atoms with Crippen molar-refractivity contribution in [1.82, 2.24) is 20.4 Å². The van der Waals surface area contributed by atoms with Crippen molar-refractivity contribution < 1.29 is 19.1 Å². The summed E-state index contributed by atoms with van der Waals surface area (Å²) in [7, 11) is 0. The van der Waals surface area contributed by atoms with Gasteiger partial charge in [-0.3, -0.25) is 19.8 Å². The lowest BCUT2D eigenvalue weighted by molar-refractivity contribution is -0.134. The van der Waals surface area contributed by atoms with Crippen LogP contribution >= 0.6 is 0 Å². The number of phenols is 1. The summed E-state index contributed by atoms with van der Waals surface area (Å²) in [6, 6.07) is 14.3. The minimum absolute atomic E-state index is 0.0687. The Kier molecular flexibility index (Phi) is 6.19. The average Bonchev–Trinajstić information content (AvgIpc) is 3.12. The monoisotopic (exact) mass is 516 g/mol. The number of fused-ring (bicyclic) bond motifs is 2. The number of phenolic OH excluding ortho intramolecular Hbond substituents is 1. The number of amides is 2. The summed E-state index contributed by atoms with van der Waals surface area (Å²) in [6.45, 7) is 2.29. The molecule has 6 rings (SSSR count). The summed E-state index contributed by atoms with van der Waals surface area (Å²) in [4.78, 5) is 28.6. The molecule has 10 heteroatoms. The molecule has 0 radical (unpaired) electrons. The fraction of sp³-hybridized carbons (Fsp3) is 0.357. The van der Waals surface area contributed by atoms with E-state index in [0.29, 0.717) is 36.4 Å². The molecule has 3 atom stereocenters. The van der Waals surface area contributed by atoms with Gasteiger partial charge in [-0.1, -0.05) is 24.3 Å². The number of anilines is 2. The summed E-state index contributed by atoms with van der Waals surface area (Å²) in [5, 5.41) is 20.9. The second-order valence-electron chi connectivity index (χ2n) is 10.4. The maximum atomic E-state index is 13.8. The summed E-state index contributed by atoms with van der Waals surface area (Å²) < 4.78 is 13.8. The van der Waals surface area contributed by atoms with Gasteiger partial charge in [0.1, 0.15) is 11.6 Å². The molecule has 38 heavy (non-hydrogen) atoms. The van der Waals surface area contributed by atoms with E-state index in [-0.39, 0.29) is 29.0 Å². The topological polar surface area (TPSA) is 125 Å². The summed E-state index contributed by atoms with van der Waals surface area (Å²) >= 11 is 0. The van der Waals surface area contributed by atoms with E-state index < -0.39 is 5.82 Å². The van der Waals surface area contributed by atoms with Crippen LogP contribution in [0, 0.1) is 5.82 Å². The molecular weight excluding hydrogens is 487 g/mol. The molecule has 4 heterocycles.